The van der Waals surface area contributed by atoms with Gasteiger partial charge in [0.25, 0.3) is 0 Å². The predicted molar refractivity (Wildman–Crippen MR) is 57.4 cm³/mol. The molecule has 0 aromatic carbocycles. The van der Waals surface area contributed by atoms with E-state index in [9.17, 15) is 0 Å². The molecular formula is C11H24N2. The molecule has 1 saturated carbocycles. The van der Waals surface area contributed by atoms with Crippen molar-refractivity contribution in [2.24, 2.45) is 11.8 Å². The highest BCUT2D eigenvalue weighted by Gasteiger charge is 2.23. The molecule has 1 aliphatic rings. The summed E-state index contributed by atoms with van der Waals surface area (Å²) >= 11 is 0. The summed E-state index contributed by atoms with van der Waals surface area (Å²) < 4.78 is 0. The lowest BCUT2D eigenvalue weighted by atomic mass is 9.79. The van der Waals surface area contributed by atoms with Gasteiger partial charge in [-0.05, 0) is 24.7 Å². The first-order valence-corrected chi connectivity index (χ1v) is 5.53. The van der Waals surface area contributed by atoms with Gasteiger partial charge < -0.3 is 0 Å². The van der Waals surface area contributed by atoms with Crippen molar-refractivity contribution in [2.45, 2.75) is 45.6 Å². The van der Waals surface area contributed by atoms with Crippen molar-refractivity contribution in [2.75, 3.05) is 14.1 Å². The van der Waals surface area contributed by atoms with Crippen molar-refractivity contribution in [1.29, 1.82) is 0 Å². The van der Waals surface area contributed by atoms with E-state index in [2.05, 4.69) is 38.4 Å². The molecule has 1 rings (SSSR count). The van der Waals surface area contributed by atoms with Gasteiger partial charge in [-0.25, -0.2) is 0 Å². The molecule has 0 bridgehead atoms. The minimum Gasteiger partial charge on any atom is -0.253 e. The Bertz CT molecular complexity index is 143. The molecule has 2 heteroatoms. The molecule has 1 N–H and O–H groups in total. The van der Waals surface area contributed by atoms with Gasteiger partial charge in [0.15, 0.2) is 0 Å². The second kappa shape index (κ2) is 4.97. The van der Waals surface area contributed by atoms with Crippen LogP contribution in [0.3, 0.4) is 0 Å². The predicted octanol–water partition coefficient (Wildman–Crippen LogP) is 2.27. The highest BCUT2D eigenvalue weighted by molar-refractivity contribution is 4.78. The zero-order chi connectivity index (χ0) is 9.84. The van der Waals surface area contributed by atoms with Crippen LogP contribution in [0.1, 0.15) is 39.5 Å². The summed E-state index contributed by atoms with van der Waals surface area (Å²) in [5, 5.41) is 2.09. The fourth-order valence-corrected chi connectivity index (χ4v) is 2.32. The van der Waals surface area contributed by atoms with Gasteiger partial charge >= 0.3 is 0 Å². The molecular weight excluding hydrogens is 160 g/mol. The van der Waals surface area contributed by atoms with Crippen molar-refractivity contribution in [3.05, 3.63) is 0 Å². The highest BCUT2D eigenvalue weighted by Crippen LogP contribution is 2.29. The largest absolute Gasteiger partial charge is 0.253 e. The van der Waals surface area contributed by atoms with Crippen molar-refractivity contribution in [3.8, 4) is 0 Å². The highest BCUT2D eigenvalue weighted by atomic mass is 15.5. The average molecular weight is 184 g/mol. The van der Waals surface area contributed by atoms with Gasteiger partial charge in [0, 0.05) is 20.1 Å². The molecule has 1 aliphatic carbocycles. The first-order chi connectivity index (χ1) is 6.09. The minimum absolute atomic E-state index is 0.719. The van der Waals surface area contributed by atoms with Gasteiger partial charge in [0.2, 0.25) is 0 Å². The molecule has 78 valence electrons. The molecule has 0 radical (unpaired) electrons. The monoisotopic (exact) mass is 184 g/mol. The first-order valence-electron chi connectivity index (χ1n) is 5.53. The third kappa shape index (κ3) is 3.65. The molecule has 0 aromatic rings. The molecule has 2 unspecified atom stereocenters. The Balaban J connectivity index is 2.33. The van der Waals surface area contributed by atoms with Crippen LogP contribution in [0.15, 0.2) is 0 Å². The Hall–Kier alpha value is -0.0800. The lowest BCUT2D eigenvalue weighted by Gasteiger charge is -2.33. The van der Waals surface area contributed by atoms with Gasteiger partial charge in [0.1, 0.15) is 0 Å². The smallest absolute Gasteiger partial charge is 0.0217 e. The minimum atomic E-state index is 0.719. The van der Waals surface area contributed by atoms with Gasteiger partial charge in [-0.15, -0.1) is 0 Å². The number of rotatable bonds is 3. The third-order valence-electron chi connectivity index (χ3n) is 3.10. The fraction of sp³-hybridized carbons (Fsp3) is 1.00. The molecule has 0 aliphatic heterocycles. The zero-order valence-electron chi connectivity index (χ0n) is 9.51. The van der Waals surface area contributed by atoms with Crippen LogP contribution < -0.4 is 5.43 Å². The average Bonchev–Trinajstić information content (AvgIpc) is 2.03. The van der Waals surface area contributed by atoms with Crippen LogP contribution in [0.5, 0.6) is 0 Å². The van der Waals surface area contributed by atoms with E-state index >= 15 is 0 Å². The van der Waals surface area contributed by atoms with E-state index in [1.807, 2.05) is 0 Å². The maximum absolute atomic E-state index is 3.50. The van der Waals surface area contributed by atoms with E-state index in [0.717, 1.165) is 17.9 Å². The fourth-order valence-electron chi connectivity index (χ4n) is 2.32. The summed E-state index contributed by atoms with van der Waals surface area (Å²) in [5.41, 5.74) is 3.50. The number of hydrazine groups is 1. The number of hydrogen-bond donors (Lipinski definition) is 1. The summed E-state index contributed by atoms with van der Waals surface area (Å²) in [7, 11) is 4.16. The Morgan fingerprint density at radius 2 is 1.92 bits per heavy atom. The van der Waals surface area contributed by atoms with E-state index in [1.54, 1.807) is 0 Å². The number of hydrogen-bond acceptors (Lipinski definition) is 2. The van der Waals surface area contributed by atoms with Crippen LogP contribution in [0.25, 0.3) is 0 Å². The quantitative estimate of drug-likeness (QED) is 0.677. The standard InChI is InChI=1S/C11H24N2/c1-9(2)10-6-5-7-11(8-10)12-13(3)4/h9-12H,5-8H2,1-4H3. The maximum Gasteiger partial charge on any atom is 0.0217 e. The van der Waals surface area contributed by atoms with Crippen LogP contribution in [-0.2, 0) is 0 Å². The Kier molecular flexibility index (Phi) is 4.20. The SMILES string of the molecule is CC(C)C1CCCC(NN(C)C)C1. The van der Waals surface area contributed by atoms with Gasteiger partial charge in [0.05, 0.1) is 0 Å². The van der Waals surface area contributed by atoms with E-state index in [4.69, 9.17) is 0 Å². The second-order valence-corrected chi connectivity index (χ2v) is 4.89. The molecule has 0 heterocycles. The van der Waals surface area contributed by atoms with Crippen LogP contribution in [0, 0.1) is 11.8 Å². The van der Waals surface area contributed by atoms with Crippen LogP contribution >= 0.6 is 0 Å². The second-order valence-electron chi connectivity index (χ2n) is 4.89. The van der Waals surface area contributed by atoms with Crippen LogP contribution in [-0.4, -0.2) is 25.1 Å². The molecule has 0 spiro atoms. The van der Waals surface area contributed by atoms with Crippen molar-refractivity contribution in [3.63, 3.8) is 0 Å². The van der Waals surface area contributed by atoms with Crippen molar-refractivity contribution < 1.29 is 0 Å². The molecule has 0 amide bonds. The van der Waals surface area contributed by atoms with Crippen LogP contribution in [0.4, 0.5) is 0 Å². The Labute approximate surface area is 82.7 Å². The van der Waals surface area contributed by atoms with Gasteiger partial charge in [-0.1, -0.05) is 26.7 Å². The maximum atomic E-state index is 3.50. The van der Waals surface area contributed by atoms with Crippen LogP contribution in [0.2, 0.25) is 0 Å². The zero-order valence-corrected chi connectivity index (χ0v) is 9.51. The van der Waals surface area contributed by atoms with Gasteiger partial charge in [-0.2, -0.15) is 0 Å². The molecule has 2 nitrogen and oxygen atoms in total. The van der Waals surface area contributed by atoms with Crippen molar-refractivity contribution in [1.82, 2.24) is 10.4 Å². The molecule has 13 heavy (non-hydrogen) atoms. The van der Waals surface area contributed by atoms with Crippen molar-refractivity contribution >= 4 is 0 Å². The number of nitrogens with zero attached hydrogens (tertiary/aromatic N) is 1. The topological polar surface area (TPSA) is 15.3 Å². The van der Waals surface area contributed by atoms with E-state index < -0.39 is 0 Å². The number of nitrogens with one attached hydrogen (secondary N) is 1. The molecule has 2 atom stereocenters. The summed E-state index contributed by atoms with van der Waals surface area (Å²) in [5.74, 6) is 1.79. The van der Waals surface area contributed by atoms with E-state index in [-0.39, 0.29) is 0 Å². The Morgan fingerprint density at radius 3 is 2.46 bits per heavy atom. The summed E-state index contributed by atoms with van der Waals surface area (Å²) in [6, 6.07) is 0.719. The van der Waals surface area contributed by atoms with Gasteiger partial charge in [-0.3, -0.25) is 10.4 Å². The summed E-state index contributed by atoms with van der Waals surface area (Å²) in [4.78, 5) is 0. The summed E-state index contributed by atoms with van der Waals surface area (Å²) in [6.45, 7) is 4.70. The lowest BCUT2D eigenvalue weighted by Crippen LogP contribution is -2.43. The third-order valence-corrected chi connectivity index (χ3v) is 3.10. The lowest BCUT2D eigenvalue weighted by molar-refractivity contribution is 0.160. The molecule has 0 aromatic heterocycles. The molecule has 0 saturated heterocycles. The summed E-state index contributed by atoms with van der Waals surface area (Å²) in [6.07, 6.45) is 5.54. The van der Waals surface area contributed by atoms with E-state index in [1.165, 1.54) is 25.7 Å². The Morgan fingerprint density at radius 1 is 1.23 bits per heavy atom. The van der Waals surface area contributed by atoms with E-state index in [0.29, 0.717) is 0 Å². The first kappa shape index (κ1) is 11.0. The normalized spacial score (nSPS) is 30.0. The molecule has 1 fully saturated rings.